The van der Waals surface area contributed by atoms with Gasteiger partial charge in [0.15, 0.2) is 0 Å². The number of rotatable bonds is 1. The maximum Gasteiger partial charge on any atom is 0.0525 e. The molecule has 1 aromatic rings. The van der Waals surface area contributed by atoms with Crippen LogP contribution in [0.3, 0.4) is 0 Å². The summed E-state index contributed by atoms with van der Waals surface area (Å²) in [6, 6.07) is 0. The second-order valence-electron chi connectivity index (χ2n) is 3.81. The molecule has 0 saturated heterocycles. The van der Waals surface area contributed by atoms with Gasteiger partial charge in [-0.25, -0.2) is 0 Å². The Kier molecular flexibility index (Phi) is 2.62. The Hall–Kier alpha value is -0.0600. The van der Waals surface area contributed by atoms with E-state index < -0.39 is 0 Å². The molecule has 13 heavy (non-hydrogen) atoms. The molecule has 2 rings (SSSR count). The number of hydrogen-bond donors (Lipinski definition) is 0. The van der Waals surface area contributed by atoms with Gasteiger partial charge in [0.2, 0.25) is 0 Å². The quantitative estimate of drug-likeness (QED) is 0.574. The van der Waals surface area contributed by atoms with Crippen LogP contribution in [0.25, 0.3) is 0 Å². The third-order valence-corrected chi connectivity index (χ3v) is 3.73. The van der Waals surface area contributed by atoms with Crippen molar-refractivity contribution in [1.82, 2.24) is 9.78 Å². The van der Waals surface area contributed by atoms with Crippen LogP contribution in [-0.2, 0) is 13.0 Å². The van der Waals surface area contributed by atoms with E-state index in [1.807, 2.05) is 0 Å². The summed E-state index contributed by atoms with van der Waals surface area (Å²) in [4.78, 5) is 0. The summed E-state index contributed by atoms with van der Waals surface area (Å²) in [5.74, 6) is 0.688. The predicted molar refractivity (Wildman–Crippen MR) is 62.4 cm³/mol. The first-order chi connectivity index (χ1) is 6.22. The second-order valence-corrected chi connectivity index (χ2v) is 5.57. The van der Waals surface area contributed by atoms with Gasteiger partial charge in [0.05, 0.1) is 6.20 Å². The molecule has 0 spiro atoms. The highest BCUT2D eigenvalue weighted by molar-refractivity contribution is 14.1. The van der Waals surface area contributed by atoms with Gasteiger partial charge in [-0.05, 0) is 31.2 Å². The van der Waals surface area contributed by atoms with Crippen LogP contribution in [-0.4, -0.2) is 13.7 Å². The Bertz CT molecular complexity index is 306. The number of fused-ring (bicyclic) bond motifs is 1. The molecule has 0 aromatic carbocycles. The predicted octanol–water partition coefficient (Wildman–Crippen LogP) is 2.76. The molecule has 2 unspecified atom stereocenters. The molecule has 1 aliphatic carbocycles. The molecule has 2 nitrogen and oxygen atoms in total. The zero-order valence-electron chi connectivity index (χ0n) is 8.13. The molecular formula is C10H15IN2. The van der Waals surface area contributed by atoms with Crippen molar-refractivity contribution in [1.29, 1.82) is 0 Å². The topological polar surface area (TPSA) is 17.8 Å². The third-order valence-electron chi connectivity index (χ3n) is 2.78. The lowest BCUT2D eigenvalue weighted by Gasteiger charge is -2.24. The first-order valence-corrected chi connectivity index (χ1v) is 6.15. The van der Waals surface area contributed by atoms with Gasteiger partial charge >= 0.3 is 0 Å². The normalized spacial score (nSPS) is 27.3. The number of aromatic nitrogens is 2. The fraction of sp³-hybridized carbons (Fsp3) is 0.700. The molecule has 0 saturated carbocycles. The molecule has 0 bridgehead atoms. The van der Waals surface area contributed by atoms with E-state index in [2.05, 4.69) is 52.4 Å². The minimum atomic E-state index is 0.688. The van der Waals surface area contributed by atoms with Gasteiger partial charge in [-0.3, -0.25) is 4.68 Å². The average molecular weight is 290 g/mol. The molecule has 0 aliphatic heterocycles. The zero-order chi connectivity index (χ0) is 9.42. The molecule has 2 atom stereocenters. The van der Waals surface area contributed by atoms with Crippen LogP contribution in [0, 0.1) is 0 Å². The van der Waals surface area contributed by atoms with E-state index >= 15 is 0 Å². The largest absolute Gasteiger partial charge is 0.269 e. The Balaban J connectivity index is 2.40. The van der Waals surface area contributed by atoms with Crippen molar-refractivity contribution in [3.05, 3.63) is 17.5 Å². The van der Waals surface area contributed by atoms with Gasteiger partial charge in [-0.2, -0.15) is 5.10 Å². The molecule has 1 aliphatic rings. The highest BCUT2D eigenvalue weighted by Crippen LogP contribution is 2.34. The van der Waals surface area contributed by atoms with Gasteiger partial charge in [-0.15, -0.1) is 0 Å². The smallest absolute Gasteiger partial charge is 0.0525 e. The first kappa shape index (κ1) is 9.49. The number of aryl methyl sites for hydroxylation is 1. The minimum Gasteiger partial charge on any atom is -0.269 e. The van der Waals surface area contributed by atoms with Crippen molar-refractivity contribution >= 4 is 22.6 Å². The van der Waals surface area contributed by atoms with Crippen LogP contribution >= 0.6 is 22.6 Å². The monoisotopic (exact) mass is 290 g/mol. The fourth-order valence-electron chi connectivity index (χ4n) is 2.23. The minimum absolute atomic E-state index is 0.688. The lowest BCUT2D eigenvalue weighted by Crippen LogP contribution is -2.18. The zero-order valence-corrected chi connectivity index (χ0v) is 10.3. The highest BCUT2D eigenvalue weighted by Gasteiger charge is 2.25. The number of alkyl halides is 1. The maximum absolute atomic E-state index is 4.41. The van der Waals surface area contributed by atoms with Crippen LogP contribution in [0.1, 0.15) is 37.4 Å². The molecule has 1 aromatic heterocycles. The van der Waals surface area contributed by atoms with E-state index in [4.69, 9.17) is 0 Å². The van der Waals surface area contributed by atoms with Crippen LogP contribution in [0.5, 0.6) is 0 Å². The molecule has 0 fully saturated rings. The van der Waals surface area contributed by atoms with E-state index in [1.165, 1.54) is 24.1 Å². The number of halogens is 1. The molecule has 72 valence electrons. The van der Waals surface area contributed by atoms with E-state index in [-0.39, 0.29) is 0 Å². The lowest BCUT2D eigenvalue weighted by molar-refractivity contribution is 0.533. The van der Waals surface area contributed by atoms with Crippen LogP contribution < -0.4 is 0 Å². The lowest BCUT2D eigenvalue weighted by atomic mass is 9.89. The summed E-state index contributed by atoms with van der Waals surface area (Å²) in [6.07, 6.45) is 4.57. The van der Waals surface area contributed by atoms with Crippen molar-refractivity contribution in [2.75, 3.05) is 0 Å². The van der Waals surface area contributed by atoms with Crippen molar-refractivity contribution in [3.8, 4) is 0 Å². The Morgan fingerprint density at radius 2 is 2.46 bits per heavy atom. The fourth-order valence-corrected chi connectivity index (χ4v) is 3.47. The Labute approximate surface area is 92.8 Å². The van der Waals surface area contributed by atoms with Crippen LogP contribution in [0.4, 0.5) is 0 Å². The third kappa shape index (κ3) is 1.63. The van der Waals surface area contributed by atoms with Gasteiger partial charge in [0.25, 0.3) is 0 Å². The van der Waals surface area contributed by atoms with Crippen LogP contribution in [0.2, 0.25) is 0 Å². The molecular weight excluding hydrogens is 275 g/mol. The van der Waals surface area contributed by atoms with E-state index in [9.17, 15) is 0 Å². The Morgan fingerprint density at radius 3 is 3.15 bits per heavy atom. The molecule has 3 heteroatoms. The van der Waals surface area contributed by atoms with Crippen LogP contribution in [0.15, 0.2) is 6.20 Å². The number of nitrogens with zero attached hydrogens (tertiary/aromatic N) is 2. The summed E-state index contributed by atoms with van der Waals surface area (Å²) in [7, 11) is 0. The SMILES string of the molecule is CCn1ncc2c1C(C)CC(I)C2. The first-order valence-electron chi connectivity index (χ1n) is 4.91. The Morgan fingerprint density at radius 1 is 1.69 bits per heavy atom. The summed E-state index contributed by atoms with van der Waals surface area (Å²) >= 11 is 2.55. The van der Waals surface area contributed by atoms with Gasteiger partial charge < -0.3 is 0 Å². The number of hydrogen-bond acceptors (Lipinski definition) is 1. The van der Waals surface area contributed by atoms with Gasteiger partial charge in [-0.1, -0.05) is 29.5 Å². The van der Waals surface area contributed by atoms with Gasteiger partial charge in [0.1, 0.15) is 0 Å². The summed E-state index contributed by atoms with van der Waals surface area (Å²) < 4.78 is 2.96. The maximum atomic E-state index is 4.41. The molecule has 1 heterocycles. The summed E-state index contributed by atoms with van der Waals surface area (Å²) in [5, 5.41) is 4.41. The molecule has 0 amide bonds. The molecule has 0 N–H and O–H groups in total. The van der Waals surface area contributed by atoms with Crippen molar-refractivity contribution < 1.29 is 0 Å². The van der Waals surface area contributed by atoms with E-state index in [0.29, 0.717) is 5.92 Å². The second kappa shape index (κ2) is 3.59. The summed E-state index contributed by atoms with van der Waals surface area (Å²) in [6.45, 7) is 5.49. The average Bonchev–Trinajstić information content (AvgIpc) is 2.47. The van der Waals surface area contributed by atoms with E-state index in [1.54, 1.807) is 0 Å². The standard InChI is InChI=1S/C10H15IN2/c1-3-13-10-7(2)4-9(11)5-8(10)6-12-13/h6-7,9H,3-5H2,1-2H3. The van der Waals surface area contributed by atoms with Gasteiger partial charge in [0, 0.05) is 16.2 Å². The van der Waals surface area contributed by atoms with Crippen molar-refractivity contribution in [3.63, 3.8) is 0 Å². The highest BCUT2D eigenvalue weighted by atomic mass is 127. The van der Waals surface area contributed by atoms with Crippen molar-refractivity contribution in [2.24, 2.45) is 0 Å². The summed E-state index contributed by atoms with van der Waals surface area (Å²) in [5.41, 5.74) is 2.95. The van der Waals surface area contributed by atoms with E-state index in [0.717, 1.165) is 10.5 Å². The van der Waals surface area contributed by atoms with Crippen molar-refractivity contribution in [2.45, 2.75) is 43.1 Å². The molecule has 0 radical (unpaired) electrons.